The molecule has 0 amide bonds. The molecular formula is C8H12O3. The molecule has 2 atom stereocenters. The molecule has 3 nitrogen and oxygen atoms in total. The van der Waals surface area contributed by atoms with Crippen molar-refractivity contribution < 1.29 is 14.6 Å². The molecule has 1 saturated carbocycles. The zero-order chi connectivity index (χ0) is 7.90. The number of rotatable bonds is 1. The lowest BCUT2D eigenvalue weighted by molar-refractivity contribution is -0.169. The van der Waals surface area contributed by atoms with Gasteiger partial charge in [0, 0.05) is 6.61 Å². The molecule has 62 valence electrons. The van der Waals surface area contributed by atoms with Crippen molar-refractivity contribution in [1.82, 2.24) is 0 Å². The van der Waals surface area contributed by atoms with E-state index in [1.807, 2.05) is 0 Å². The molecule has 0 aromatic heterocycles. The van der Waals surface area contributed by atoms with Crippen molar-refractivity contribution in [3.63, 3.8) is 0 Å². The summed E-state index contributed by atoms with van der Waals surface area (Å²) in [5.41, 5.74) is -0.789. The van der Waals surface area contributed by atoms with E-state index in [2.05, 4.69) is 0 Å². The topological polar surface area (TPSA) is 46.5 Å². The van der Waals surface area contributed by atoms with E-state index in [0.29, 0.717) is 18.9 Å². The Morgan fingerprint density at radius 3 is 3.00 bits per heavy atom. The summed E-state index contributed by atoms with van der Waals surface area (Å²) < 4.78 is 5.32. The molecule has 1 N–H and O–H groups in total. The van der Waals surface area contributed by atoms with E-state index in [-0.39, 0.29) is 0 Å². The molecule has 2 fully saturated rings. The summed E-state index contributed by atoms with van der Waals surface area (Å²) in [6.45, 7) is 0.636. The summed E-state index contributed by atoms with van der Waals surface area (Å²) in [4.78, 5) is 10.8. The molecule has 0 spiro atoms. The third kappa shape index (κ3) is 0.948. The molecule has 0 aromatic carbocycles. The molecule has 2 bridgehead atoms. The molecule has 1 aliphatic carbocycles. The van der Waals surface area contributed by atoms with Crippen LogP contribution in [0.3, 0.4) is 0 Å². The van der Waals surface area contributed by atoms with Crippen LogP contribution in [-0.4, -0.2) is 23.3 Å². The molecule has 2 rings (SSSR count). The van der Waals surface area contributed by atoms with Gasteiger partial charge in [-0.3, -0.25) is 0 Å². The lowest BCUT2D eigenvalue weighted by Crippen LogP contribution is -2.41. The predicted octanol–water partition coefficient (Wildman–Crippen LogP) is 1.03. The van der Waals surface area contributed by atoms with E-state index in [1.165, 1.54) is 0 Å². The Labute approximate surface area is 65.4 Å². The molecule has 2 aliphatic rings. The summed E-state index contributed by atoms with van der Waals surface area (Å²) in [6, 6.07) is 0. The van der Waals surface area contributed by atoms with Gasteiger partial charge in [0.2, 0.25) is 0 Å². The van der Waals surface area contributed by atoms with Gasteiger partial charge in [-0.25, -0.2) is 4.79 Å². The second-order valence-corrected chi connectivity index (χ2v) is 3.55. The Kier molecular flexibility index (Phi) is 1.42. The van der Waals surface area contributed by atoms with Crippen LogP contribution in [0.4, 0.5) is 0 Å². The lowest BCUT2D eigenvalue weighted by atomic mass is 9.96. The number of fused-ring (bicyclic) bond motifs is 2. The van der Waals surface area contributed by atoms with Gasteiger partial charge in [0.1, 0.15) is 0 Å². The van der Waals surface area contributed by atoms with E-state index >= 15 is 0 Å². The molecule has 11 heavy (non-hydrogen) atoms. The van der Waals surface area contributed by atoms with Crippen molar-refractivity contribution in [1.29, 1.82) is 0 Å². The summed E-state index contributed by atoms with van der Waals surface area (Å²) in [6.07, 6.45) is 3.54. The molecule has 2 unspecified atom stereocenters. The highest BCUT2D eigenvalue weighted by Gasteiger charge is 2.49. The first-order valence-corrected chi connectivity index (χ1v) is 4.10. The standard InChI is InChI=1S/C8H12O3/c9-7(10)8-3-1-6(5-8)2-4-11-8/h6H,1-5H2,(H,9,10). The Hall–Kier alpha value is -0.570. The number of carboxylic acid groups (broad SMARTS) is 1. The second-order valence-electron chi connectivity index (χ2n) is 3.55. The minimum atomic E-state index is -0.789. The highest BCUT2D eigenvalue weighted by molar-refractivity contribution is 5.78. The van der Waals surface area contributed by atoms with Gasteiger partial charge in [-0.05, 0) is 31.6 Å². The number of hydrogen-bond donors (Lipinski definition) is 1. The average molecular weight is 156 g/mol. The molecular weight excluding hydrogens is 144 g/mol. The molecule has 1 heterocycles. The highest BCUT2D eigenvalue weighted by atomic mass is 16.5. The van der Waals surface area contributed by atoms with Gasteiger partial charge in [0.05, 0.1) is 0 Å². The van der Waals surface area contributed by atoms with E-state index in [1.54, 1.807) is 0 Å². The van der Waals surface area contributed by atoms with E-state index < -0.39 is 11.6 Å². The Morgan fingerprint density at radius 2 is 2.36 bits per heavy atom. The Morgan fingerprint density at radius 1 is 1.55 bits per heavy atom. The normalized spacial score (nSPS) is 42.4. The van der Waals surface area contributed by atoms with Crippen molar-refractivity contribution in [3.05, 3.63) is 0 Å². The van der Waals surface area contributed by atoms with Gasteiger partial charge >= 0.3 is 5.97 Å². The molecule has 0 radical (unpaired) electrons. The fourth-order valence-electron chi connectivity index (χ4n) is 2.16. The zero-order valence-electron chi connectivity index (χ0n) is 6.38. The van der Waals surface area contributed by atoms with Gasteiger partial charge in [-0.1, -0.05) is 0 Å². The van der Waals surface area contributed by atoms with E-state index in [9.17, 15) is 4.79 Å². The highest BCUT2D eigenvalue weighted by Crippen LogP contribution is 2.43. The first-order valence-electron chi connectivity index (χ1n) is 4.10. The first-order chi connectivity index (χ1) is 5.23. The van der Waals surface area contributed by atoms with Crippen LogP contribution < -0.4 is 0 Å². The Balaban J connectivity index is 2.19. The predicted molar refractivity (Wildman–Crippen MR) is 38.3 cm³/mol. The van der Waals surface area contributed by atoms with Crippen LogP contribution in [0.2, 0.25) is 0 Å². The van der Waals surface area contributed by atoms with Gasteiger partial charge < -0.3 is 9.84 Å². The number of aliphatic carboxylic acids is 1. The minimum absolute atomic E-state index is 0.611. The van der Waals surface area contributed by atoms with Crippen molar-refractivity contribution in [2.75, 3.05) is 6.61 Å². The summed E-state index contributed by atoms with van der Waals surface area (Å²) in [7, 11) is 0. The summed E-state index contributed by atoms with van der Waals surface area (Å²) in [5.74, 6) is -0.153. The van der Waals surface area contributed by atoms with Crippen molar-refractivity contribution >= 4 is 5.97 Å². The number of carbonyl (C=O) groups is 1. The van der Waals surface area contributed by atoms with Crippen LogP contribution in [0.5, 0.6) is 0 Å². The van der Waals surface area contributed by atoms with Gasteiger partial charge in [-0.2, -0.15) is 0 Å². The van der Waals surface area contributed by atoms with Gasteiger partial charge in [0.25, 0.3) is 0 Å². The van der Waals surface area contributed by atoms with Crippen LogP contribution in [-0.2, 0) is 9.53 Å². The number of hydrogen-bond acceptors (Lipinski definition) is 2. The fourth-order valence-corrected chi connectivity index (χ4v) is 2.16. The molecule has 0 aromatic rings. The van der Waals surface area contributed by atoms with Crippen molar-refractivity contribution in [2.24, 2.45) is 5.92 Å². The van der Waals surface area contributed by atoms with Crippen LogP contribution in [0, 0.1) is 5.92 Å². The second kappa shape index (κ2) is 2.21. The summed E-state index contributed by atoms with van der Waals surface area (Å²) in [5, 5.41) is 8.89. The maximum atomic E-state index is 10.8. The van der Waals surface area contributed by atoms with Gasteiger partial charge in [-0.15, -0.1) is 0 Å². The number of ether oxygens (including phenoxy) is 1. The SMILES string of the molecule is O=C(O)C12CCC(CCO1)C2. The van der Waals surface area contributed by atoms with Crippen LogP contribution in [0.25, 0.3) is 0 Å². The van der Waals surface area contributed by atoms with E-state index in [0.717, 1.165) is 19.3 Å². The maximum absolute atomic E-state index is 10.8. The Bertz CT molecular complexity index is 186. The van der Waals surface area contributed by atoms with Crippen molar-refractivity contribution in [3.8, 4) is 0 Å². The summed E-state index contributed by atoms with van der Waals surface area (Å²) >= 11 is 0. The van der Waals surface area contributed by atoms with Gasteiger partial charge in [0.15, 0.2) is 5.60 Å². The van der Waals surface area contributed by atoms with E-state index in [4.69, 9.17) is 9.84 Å². The third-order valence-corrected chi connectivity index (χ3v) is 2.87. The smallest absolute Gasteiger partial charge is 0.335 e. The van der Waals surface area contributed by atoms with Crippen LogP contribution >= 0.6 is 0 Å². The largest absolute Gasteiger partial charge is 0.479 e. The molecule has 3 heteroatoms. The number of carboxylic acids is 1. The third-order valence-electron chi connectivity index (χ3n) is 2.87. The molecule has 1 aliphatic heterocycles. The monoisotopic (exact) mass is 156 g/mol. The fraction of sp³-hybridized carbons (Fsp3) is 0.875. The zero-order valence-corrected chi connectivity index (χ0v) is 6.38. The minimum Gasteiger partial charge on any atom is -0.479 e. The van der Waals surface area contributed by atoms with Crippen LogP contribution in [0.15, 0.2) is 0 Å². The lowest BCUT2D eigenvalue weighted by Gasteiger charge is -2.28. The molecule has 1 saturated heterocycles. The maximum Gasteiger partial charge on any atom is 0.335 e. The van der Waals surface area contributed by atoms with Crippen LogP contribution in [0.1, 0.15) is 25.7 Å². The van der Waals surface area contributed by atoms with Crippen molar-refractivity contribution in [2.45, 2.75) is 31.3 Å². The quantitative estimate of drug-likeness (QED) is 0.616. The average Bonchev–Trinajstić information content (AvgIpc) is 2.29. The first kappa shape index (κ1) is 7.10.